The van der Waals surface area contributed by atoms with Crippen molar-refractivity contribution in [3.8, 4) is 0 Å². The molecule has 0 aromatic heterocycles. The van der Waals surface area contributed by atoms with Gasteiger partial charge in [0.25, 0.3) is 0 Å². The molecule has 1 aromatic rings. The van der Waals surface area contributed by atoms with Crippen LogP contribution in [0.2, 0.25) is 0 Å². The summed E-state index contributed by atoms with van der Waals surface area (Å²) in [5, 5.41) is 6.77. The molecule has 1 unspecified atom stereocenters. The van der Waals surface area contributed by atoms with E-state index in [0.717, 1.165) is 38.6 Å². The summed E-state index contributed by atoms with van der Waals surface area (Å²) >= 11 is 0. The molecular formula is C21H39IN4O. The number of benzene rings is 1. The van der Waals surface area contributed by atoms with Gasteiger partial charge < -0.3 is 20.3 Å². The van der Waals surface area contributed by atoms with Crippen LogP contribution >= 0.6 is 24.0 Å². The number of guanidine groups is 1. The molecule has 0 aliphatic rings. The van der Waals surface area contributed by atoms with Crippen molar-refractivity contribution < 1.29 is 4.74 Å². The topological polar surface area (TPSA) is 48.9 Å². The predicted octanol–water partition coefficient (Wildman–Crippen LogP) is 3.74. The lowest BCUT2D eigenvalue weighted by Crippen LogP contribution is -2.40. The summed E-state index contributed by atoms with van der Waals surface area (Å²) in [5.74, 6) is 1.30. The molecular weight excluding hydrogens is 451 g/mol. The first-order valence-corrected chi connectivity index (χ1v) is 9.79. The monoisotopic (exact) mass is 490 g/mol. The number of ether oxygens (including phenoxy) is 1. The second-order valence-corrected chi connectivity index (χ2v) is 7.27. The fourth-order valence-electron chi connectivity index (χ4n) is 2.45. The van der Waals surface area contributed by atoms with Gasteiger partial charge in [0.15, 0.2) is 5.96 Å². The highest BCUT2D eigenvalue weighted by Gasteiger charge is 2.05. The summed E-state index contributed by atoms with van der Waals surface area (Å²) in [4.78, 5) is 6.67. The van der Waals surface area contributed by atoms with Crippen molar-refractivity contribution in [2.24, 2.45) is 10.9 Å². The van der Waals surface area contributed by atoms with E-state index in [2.05, 4.69) is 60.5 Å². The Morgan fingerprint density at radius 3 is 2.44 bits per heavy atom. The molecule has 0 fully saturated rings. The van der Waals surface area contributed by atoms with Crippen LogP contribution in [0.1, 0.15) is 39.2 Å². The number of nitrogens with one attached hydrogen (secondary N) is 2. The third kappa shape index (κ3) is 13.0. The van der Waals surface area contributed by atoms with Crippen molar-refractivity contribution in [1.29, 1.82) is 0 Å². The summed E-state index contributed by atoms with van der Waals surface area (Å²) in [6.07, 6.45) is 2.34. The third-order valence-electron chi connectivity index (χ3n) is 4.47. The smallest absolute Gasteiger partial charge is 0.190 e. The lowest BCUT2D eigenvalue weighted by atomic mass is 10.2. The van der Waals surface area contributed by atoms with Crippen LogP contribution in [0.3, 0.4) is 0 Å². The fraction of sp³-hybridized carbons (Fsp3) is 0.667. The lowest BCUT2D eigenvalue weighted by molar-refractivity contribution is 0.0931. The van der Waals surface area contributed by atoms with Gasteiger partial charge in [0.1, 0.15) is 0 Å². The molecule has 27 heavy (non-hydrogen) atoms. The third-order valence-corrected chi connectivity index (χ3v) is 4.47. The minimum Gasteiger partial charge on any atom is -0.376 e. The molecule has 2 N–H and O–H groups in total. The maximum atomic E-state index is 5.80. The quantitative estimate of drug-likeness (QED) is 0.203. The van der Waals surface area contributed by atoms with Crippen LogP contribution < -0.4 is 10.6 Å². The van der Waals surface area contributed by atoms with Gasteiger partial charge in [-0.25, -0.2) is 0 Å². The van der Waals surface area contributed by atoms with E-state index in [-0.39, 0.29) is 24.0 Å². The molecule has 0 saturated heterocycles. The van der Waals surface area contributed by atoms with Gasteiger partial charge in [-0.2, -0.15) is 0 Å². The van der Waals surface area contributed by atoms with Crippen molar-refractivity contribution in [2.75, 3.05) is 40.3 Å². The number of hydrogen-bond donors (Lipinski definition) is 2. The minimum absolute atomic E-state index is 0. The average molecular weight is 490 g/mol. The Morgan fingerprint density at radius 1 is 1.11 bits per heavy atom. The Hall–Kier alpha value is -0.860. The summed E-state index contributed by atoms with van der Waals surface area (Å²) in [5.41, 5.74) is 1.22. The molecule has 1 rings (SSSR count). The van der Waals surface area contributed by atoms with Crippen LogP contribution in [0.5, 0.6) is 0 Å². The van der Waals surface area contributed by atoms with Gasteiger partial charge in [0.2, 0.25) is 0 Å². The molecule has 0 aliphatic heterocycles. The van der Waals surface area contributed by atoms with Crippen molar-refractivity contribution in [1.82, 2.24) is 15.5 Å². The molecule has 0 aliphatic carbocycles. The normalized spacial score (nSPS) is 12.8. The van der Waals surface area contributed by atoms with E-state index in [1.807, 2.05) is 25.2 Å². The summed E-state index contributed by atoms with van der Waals surface area (Å²) < 4.78 is 5.80. The predicted molar refractivity (Wildman–Crippen MR) is 127 cm³/mol. The van der Waals surface area contributed by atoms with Crippen molar-refractivity contribution >= 4 is 29.9 Å². The molecule has 0 radical (unpaired) electrons. The Balaban J connectivity index is 0.00000676. The molecule has 6 heteroatoms. The highest BCUT2D eigenvalue weighted by Crippen LogP contribution is 2.03. The summed E-state index contributed by atoms with van der Waals surface area (Å²) in [6, 6.07) is 10.9. The standard InChI is InChI=1S/C21H38N4O.HI/c1-18(2)25(5)14-10-9-13-23-21(22-4)24-15-19(3)16-26-17-20-11-7-6-8-12-20;/h6-8,11-12,18-19H,9-10,13-17H2,1-5H3,(H2,22,23,24);1H. The number of rotatable bonds is 12. The zero-order valence-corrected chi connectivity index (χ0v) is 20.0. The molecule has 0 saturated carbocycles. The molecule has 1 atom stereocenters. The zero-order chi connectivity index (χ0) is 19.2. The van der Waals surface area contributed by atoms with E-state index < -0.39 is 0 Å². The minimum atomic E-state index is 0. The van der Waals surface area contributed by atoms with Crippen LogP contribution in [0, 0.1) is 5.92 Å². The first kappa shape index (κ1) is 26.1. The molecule has 0 spiro atoms. The van der Waals surface area contributed by atoms with Crippen molar-refractivity contribution in [3.63, 3.8) is 0 Å². The number of nitrogens with zero attached hydrogens (tertiary/aromatic N) is 2. The van der Waals surface area contributed by atoms with E-state index >= 15 is 0 Å². The highest BCUT2D eigenvalue weighted by molar-refractivity contribution is 14.0. The maximum absolute atomic E-state index is 5.80. The Labute approximate surface area is 183 Å². The van der Waals surface area contributed by atoms with Gasteiger partial charge in [0, 0.05) is 26.2 Å². The number of hydrogen-bond acceptors (Lipinski definition) is 3. The van der Waals surface area contributed by atoms with E-state index in [4.69, 9.17) is 4.74 Å². The van der Waals surface area contributed by atoms with Crippen LogP contribution in [0.15, 0.2) is 35.3 Å². The van der Waals surface area contributed by atoms with E-state index in [0.29, 0.717) is 18.6 Å². The molecule has 1 aromatic carbocycles. The fourth-order valence-corrected chi connectivity index (χ4v) is 2.45. The van der Waals surface area contributed by atoms with Gasteiger partial charge in [0.05, 0.1) is 13.2 Å². The van der Waals surface area contributed by atoms with Gasteiger partial charge in [-0.1, -0.05) is 37.3 Å². The number of aliphatic imine (C=N–C) groups is 1. The lowest BCUT2D eigenvalue weighted by Gasteiger charge is -2.21. The second-order valence-electron chi connectivity index (χ2n) is 7.27. The van der Waals surface area contributed by atoms with E-state index in [1.54, 1.807) is 0 Å². The van der Waals surface area contributed by atoms with Crippen molar-refractivity contribution in [2.45, 2.75) is 46.3 Å². The van der Waals surface area contributed by atoms with Gasteiger partial charge in [-0.05, 0) is 51.8 Å². The molecule has 156 valence electrons. The summed E-state index contributed by atoms with van der Waals surface area (Å²) in [7, 11) is 4.00. The van der Waals surface area contributed by atoms with Crippen LogP contribution in [0.4, 0.5) is 0 Å². The molecule has 0 bridgehead atoms. The first-order chi connectivity index (χ1) is 12.5. The second kappa shape index (κ2) is 16.1. The highest BCUT2D eigenvalue weighted by atomic mass is 127. The maximum Gasteiger partial charge on any atom is 0.190 e. The molecule has 0 heterocycles. The first-order valence-electron chi connectivity index (χ1n) is 9.79. The van der Waals surface area contributed by atoms with E-state index in [9.17, 15) is 0 Å². The SMILES string of the molecule is CN=C(NCCCCN(C)C(C)C)NCC(C)COCc1ccccc1.I. The van der Waals surface area contributed by atoms with E-state index in [1.165, 1.54) is 12.0 Å². The average Bonchev–Trinajstić information content (AvgIpc) is 2.64. The summed E-state index contributed by atoms with van der Waals surface area (Å²) in [6.45, 7) is 11.0. The van der Waals surface area contributed by atoms with Crippen molar-refractivity contribution in [3.05, 3.63) is 35.9 Å². The Kier molecular flexibility index (Phi) is 15.6. The largest absolute Gasteiger partial charge is 0.376 e. The molecule has 5 nitrogen and oxygen atoms in total. The zero-order valence-electron chi connectivity index (χ0n) is 17.7. The van der Waals surface area contributed by atoms with Crippen LogP contribution in [-0.2, 0) is 11.3 Å². The van der Waals surface area contributed by atoms with Gasteiger partial charge >= 0.3 is 0 Å². The van der Waals surface area contributed by atoms with Crippen LogP contribution in [-0.4, -0.2) is 57.2 Å². The molecule has 0 amide bonds. The Bertz CT molecular complexity index is 496. The Morgan fingerprint density at radius 2 is 1.81 bits per heavy atom. The van der Waals surface area contributed by atoms with Crippen LogP contribution in [0.25, 0.3) is 0 Å². The van der Waals surface area contributed by atoms with Gasteiger partial charge in [-0.15, -0.1) is 24.0 Å². The van der Waals surface area contributed by atoms with Gasteiger partial charge in [-0.3, -0.25) is 4.99 Å². The number of halogens is 1. The number of unbranched alkanes of at least 4 members (excludes halogenated alkanes) is 1.